The highest BCUT2D eigenvalue weighted by Crippen LogP contribution is 2.31. The van der Waals surface area contributed by atoms with E-state index in [9.17, 15) is 14.0 Å². The van der Waals surface area contributed by atoms with Crippen molar-refractivity contribution >= 4 is 35.0 Å². The summed E-state index contributed by atoms with van der Waals surface area (Å²) in [5.41, 5.74) is 4.87. The van der Waals surface area contributed by atoms with E-state index < -0.39 is 17.8 Å². The summed E-state index contributed by atoms with van der Waals surface area (Å²) in [6, 6.07) is 14.6. The summed E-state index contributed by atoms with van der Waals surface area (Å²) in [5.74, 6) is -0.959. The lowest BCUT2D eigenvalue weighted by atomic mass is 9.96. The first-order chi connectivity index (χ1) is 18.2. The number of hydrogen-bond acceptors (Lipinski definition) is 5. The number of halogens is 2. The summed E-state index contributed by atoms with van der Waals surface area (Å²) in [7, 11) is 0. The van der Waals surface area contributed by atoms with E-state index in [1.807, 2.05) is 50.3 Å². The Hall–Kier alpha value is -3.75. The largest absolute Gasteiger partial charge is 0.463 e. The molecule has 0 spiro atoms. The molecular formula is C29H25ClFN3O3S. The maximum Gasteiger partial charge on any atom is 0.338 e. The van der Waals surface area contributed by atoms with E-state index in [0.29, 0.717) is 25.6 Å². The number of benzene rings is 2. The van der Waals surface area contributed by atoms with Crippen LogP contribution in [-0.2, 0) is 9.53 Å². The van der Waals surface area contributed by atoms with Crippen LogP contribution in [0, 0.1) is 19.7 Å². The molecule has 6 nitrogen and oxygen atoms in total. The summed E-state index contributed by atoms with van der Waals surface area (Å²) in [6.07, 6.45) is 1.85. The molecule has 0 radical (unpaired) electrons. The van der Waals surface area contributed by atoms with Gasteiger partial charge in [0.25, 0.3) is 5.56 Å². The Kier molecular flexibility index (Phi) is 6.94. The average Bonchev–Trinajstić information content (AvgIpc) is 3.34. The Labute approximate surface area is 227 Å². The van der Waals surface area contributed by atoms with Crippen LogP contribution in [0.5, 0.6) is 0 Å². The molecule has 194 valence electrons. The van der Waals surface area contributed by atoms with Gasteiger partial charge in [-0.15, -0.1) is 0 Å². The Morgan fingerprint density at radius 2 is 1.82 bits per heavy atom. The molecule has 1 aliphatic rings. The molecule has 0 saturated heterocycles. The summed E-state index contributed by atoms with van der Waals surface area (Å²) in [5, 5.41) is 0.658. The molecule has 38 heavy (non-hydrogen) atoms. The third-order valence-electron chi connectivity index (χ3n) is 6.54. The summed E-state index contributed by atoms with van der Waals surface area (Å²) < 4.78 is 23.1. The molecule has 0 saturated carbocycles. The lowest BCUT2D eigenvalue weighted by molar-refractivity contribution is -0.139. The number of nitrogens with zero attached hydrogens (tertiary/aromatic N) is 3. The fourth-order valence-electron chi connectivity index (χ4n) is 4.81. The van der Waals surface area contributed by atoms with Crippen LogP contribution in [0.1, 0.15) is 42.4 Å². The van der Waals surface area contributed by atoms with Crippen molar-refractivity contribution in [3.05, 3.63) is 119 Å². The number of ether oxygens (including phenoxy) is 1. The molecule has 0 fully saturated rings. The highest BCUT2D eigenvalue weighted by molar-refractivity contribution is 7.07. The highest BCUT2D eigenvalue weighted by Gasteiger charge is 2.33. The fraction of sp³-hybridized carbons (Fsp3) is 0.207. The molecule has 0 aliphatic carbocycles. The fourth-order valence-corrected chi connectivity index (χ4v) is 5.98. The van der Waals surface area contributed by atoms with Crippen molar-refractivity contribution in [2.75, 3.05) is 6.61 Å². The SMILES string of the molecule is CCOC(=O)C1=C(C)N=c2s/c(=C\c3cc(C)n(-c4ccc(Cl)cc4)c3C)c(=O)n2[C@H]1c1ccc(F)cc1. The van der Waals surface area contributed by atoms with Gasteiger partial charge in [0.2, 0.25) is 0 Å². The van der Waals surface area contributed by atoms with Crippen LogP contribution in [0.4, 0.5) is 4.39 Å². The number of esters is 1. The van der Waals surface area contributed by atoms with Gasteiger partial charge in [-0.05, 0) is 87.4 Å². The summed E-state index contributed by atoms with van der Waals surface area (Å²) in [6.45, 7) is 7.62. The number of aromatic nitrogens is 2. The first-order valence-electron chi connectivity index (χ1n) is 12.1. The average molecular weight is 550 g/mol. The van der Waals surface area contributed by atoms with Gasteiger partial charge >= 0.3 is 5.97 Å². The zero-order chi connectivity index (χ0) is 27.1. The molecule has 0 amide bonds. The van der Waals surface area contributed by atoms with E-state index in [-0.39, 0.29) is 17.7 Å². The van der Waals surface area contributed by atoms with Crippen LogP contribution in [0.3, 0.4) is 0 Å². The van der Waals surface area contributed by atoms with Gasteiger partial charge in [0.1, 0.15) is 5.82 Å². The third-order valence-corrected chi connectivity index (χ3v) is 7.78. The van der Waals surface area contributed by atoms with Gasteiger partial charge in [-0.25, -0.2) is 14.2 Å². The number of allylic oxidation sites excluding steroid dienone is 1. The third kappa shape index (κ3) is 4.54. The van der Waals surface area contributed by atoms with Crippen molar-refractivity contribution in [2.24, 2.45) is 4.99 Å². The molecule has 2 aromatic heterocycles. The van der Waals surface area contributed by atoms with Crippen molar-refractivity contribution in [2.45, 2.75) is 33.7 Å². The normalized spacial score (nSPS) is 15.4. The molecule has 2 aromatic carbocycles. The van der Waals surface area contributed by atoms with E-state index >= 15 is 0 Å². The van der Waals surface area contributed by atoms with Crippen LogP contribution in [0.25, 0.3) is 11.8 Å². The number of aryl methyl sites for hydroxylation is 1. The van der Waals surface area contributed by atoms with E-state index in [1.54, 1.807) is 26.0 Å². The lowest BCUT2D eigenvalue weighted by Gasteiger charge is -2.24. The molecule has 1 atom stereocenters. The second-order valence-corrected chi connectivity index (χ2v) is 10.4. The molecule has 0 N–H and O–H groups in total. The number of thiazole rings is 1. The Morgan fingerprint density at radius 1 is 1.13 bits per heavy atom. The van der Waals surface area contributed by atoms with Crippen LogP contribution in [0.2, 0.25) is 5.02 Å². The zero-order valence-corrected chi connectivity index (χ0v) is 22.9. The van der Waals surface area contributed by atoms with Crippen molar-refractivity contribution in [3.63, 3.8) is 0 Å². The minimum Gasteiger partial charge on any atom is -0.463 e. The van der Waals surface area contributed by atoms with Crippen LogP contribution in [-0.4, -0.2) is 21.7 Å². The predicted octanol–water partition coefficient (Wildman–Crippen LogP) is 5.00. The Balaban J connectivity index is 1.68. The molecule has 3 heterocycles. The van der Waals surface area contributed by atoms with E-state index in [0.717, 1.165) is 22.6 Å². The van der Waals surface area contributed by atoms with Gasteiger partial charge in [0.05, 0.1) is 28.5 Å². The summed E-state index contributed by atoms with van der Waals surface area (Å²) >= 11 is 7.32. The van der Waals surface area contributed by atoms with Gasteiger partial charge in [0.15, 0.2) is 4.80 Å². The Morgan fingerprint density at radius 3 is 2.47 bits per heavy atom. The van der Waals surface area contributed by atoms with Crippen LogP contribution in [0.15, 0.2) is 75.7 Å². The van der Waals surface area contributed by atoms with Crippen molar-refractivity contribution < 1.29 is 13.9 Å². The molecule has 0 unspecified atom stereocenters. The van der Waals surface area contributed by atoms with Gasteiger partial charge in [-0.2, -0.15) is 0 Å². The van der Waals surface area contributed by atoms with Gasteiger partial charge < -0.3 is 9.30 Å². The van der Waals surface area contributed by atoms with Crippen LogP contribution >= 0.6 is 22.9 Å². The standard InChI is InChI=1S/C29H25ClFN3O3S/c1-5-37-28(36)25-17(3)32-29-34(26(25)19-6-10-22(31)11-7-19)27(35)24(38-29)15-20-14-16(2)33(18(20)4)23-12-8-21(30)9-13-23/h6-15,26H,5H2,1-4H3/b24-15-/t26-/m0/s1. The van der Waals surface area contributed by atoms with Crippen molar-refractivity contribution in [1.29, 1.82) is 0 Å². The number of hydrogen-bond donors (Lipinski definition) is 0. The number of rotatable bonds is 5. The first kappa shape index (κ1) is 25.9. The molecule has 5 rings (SSSR count). The number of carbonyl (C=O) groups is 1. The zero-order valence-electron chi connectivity index (χ0n) is 21.3. The molecular weight excluding hydrogens is 525 g/mol. The number of fused-ring (bicyclic) bond motifs is 1. The first-order valence-corrected chi connectivity index (χ1v) is 13.3. The lowest BCUT2D eigenvalue weighted by Crippen LogP contribution is -2.39. The van der Waals surface area contributed by atoms with E-state index in [2.05, 4.69) is 9.56 Å². The summed E-state index contributed by atoms with van der Waals surface area (Å²) in [4.78, 5) is 31.9. The molecule has 1 aliphatic heterocycles. The van der Waals surface area contributed by atoms with Crippen molar-refractivity contribution in [3.8, 4) is 5.69 Å². The topological polar surface area (TPSA) is 65.6 Å². The minimum atomic E-state index is -0.783. The van der Waals surface area contributed by atoms with E-state index in [4.69, 9.17) is 16.3 Å². The van der Waals surface area contributed by atoms with Gasteiger partial charge in [-0.3, -0.25) is 9.36 Å². The quantitative estimate of drug-likeness (QED) is 0.329. The molecule has 9 heteroatoms. The number of carbonyl (C=O) groups excluding carboxylic acids is 1. The maximum absolute atomic E-state index is 13.8. The second-order valence-electron chi connectivity index (χ2n) is 8.99. The molecule has 0 bridgehead atoms. The molecule has 4 aromatic rings. The van der Waals surface area contributed by atoms with Gasteiger partial charge in [0, 0.05) is 22.1 Å². The van der Waals surface area contributed by atoms with E-state index in [1.165, 1.54) is 28.0 Å². The monoisotopic (exact) mass is 549 g/mol. The highest BCUT2D eigenvalue weighted by atomic mass is 35.5. The smallest absolute Gasteiger partial charge is 0.338 e. The van der Waals surface area contributed by atoms with Crippen molar-refractivity contribution in [1.82, 2.24) is 9.13 Å². The Bertz CT molecular complexity index is 1760. The maximum atomic E-state index is 13.8. The predicted molar refractivity (Wildman–Crippen MR) is 147 cm³/mol. The van der Waals surface area contributed by atoms with Gasteiger partial charge in [-0.1, -0.05) is 35.1 Å². The minimum absolute atomic E-state index is 0.180. The second kappa shape index (κ2) is 10.2. The van der Waals surface area contributed by atoms with Crippen LogP contribution < -0.4 is 14.9 Å².